The number of ether oxygens (including phenoxy) is 2. The average molecular weight is 760 g/mol. The molecule has 288 valence electrons. The summed E-state index contributed by atoms with van der Waals surface area (Å²) in [6, 6.07) is 0. The van der Waals surface area contributed by atoms with Gasteiger partial charge in [-0.15, -0.1) is 41.9 Å². The zero-order valence-corrected chi connectivity index (χ0v) is 29.7. The Hall–Kier alpha value is -4.39. The van der Waals surface area contributed by atoms with Crippen LogP contribution < -0.4 is 0 Å². The van der Waals surface area contributed by atoms with Gasteiger partial charge in [0.15, 0.2) is 18.0 Å². The summed E-state index contributed by atoms with van der Waals surface area (Å²) in [5.74, 6) is -4.15. The van der Waals surface area contributed by atoms with E-state index in [4.69, 9.17) is 21.1 Å². The second-order valence-electron chi connectivity index (χ2n) is 14.2. The van der Waals surface area contributed by atoms with Crippen LogP contribution >= 0.6 is 11.6 Å². The molecular weight excluding hydrogens is 718 g/mol. The Morgan fingerprint density at radius 3 is 2.35 bits per heavy atom. The number of fused-ring (bicyclic) bond motifs is 5. The standard InChI is InChI=1S/C32H42ClN3O16/c1-19-14-24-23-10-9-20-15-21(37)11-12-29(20,2)31(23,33)25(38)16-30(24,3)32(19,51-28(41)8-5-13-49-34(42)43)26(39)18-48-27(40)7-4-6-22(52-36(46)47)17-50-35(44)45/h9,11-12,19,22-25,38H,4-8,10,13-18H2,1-3H3/t19-,22?,23?,24?,25-,29-,30-,31-,32-/m0/s1. The summed E-state index contributed by atoms with van der Waals surface area (Å²) in [6.07, 6.45) is 2.17. The third kappa shape index (κ3) is 7.55. The summed E-state index contributed by atoms with van der Waals surface area (Å²) in [4.78, 5) is 96.1. The third-order valence-corrected chi connectivity index (χ3v) is 12.4. The molecule has 4 rings (SSSR count). The molecule has 0 aromatic heterocycles. The van der Waals surface area contributed by atoms with Gasteiger partial charge >= 0.3 is 11.9 Å². The molecule has 4 aliphatic carbocycles. The molecule has 19 nitrogen and oxygen atoms in total. The Bertz CT molecular complexity index is 1540. The Morgan fingerprint density at radius 2 is 1.69 bits per heavy atom. The van der Waals surface area contributed by atoms with Gasteiger partial charge in [0, 0.05) is 36.0 Å². The van der Waals surface area contributed by atoms with Crippen LogP contribution in [0.25, 0.3) is 0 Å². The maximum absolute atomic E-state index is 14.4. The van der Waals surface area contributed by atoms with Gasteiger partial charge in [0.05, 0.1) is 17.6 Å². The number of Topliss-reactive ketones (excluding diaryl/α,β-unsaturated/α-hetero) is 1. The lowest BCUT2D eigenvalue weighted by Crippen LogP contribution is -2.69. The number of aliphatic hydroxyl groups is 1. The highest BCUT2D eigenvalue weighted by molar-refractivity contribution is 6.26. The number of allylic oxidation sites excluding steroid dienone is 4. The van der Waals surface area contributed by atoms with E-state index >= 15 is 0 Å². The molecule has 0 aliphatic heterocycles. The minimum absolute atomic E-state index is 0.0877. The summed E-state index contributed by atoms with van der Waals surface area (Å²) >= 11 is 7.52. The molecule has 0 bridgehead atoms. The van der Waals surface area contributed by atoms with E-state index in [1.165, 1.54) is 6.08 Å². The number of rotatable bonds is 18. The Kier molecular flexibility index (Phi) is 12.2. The van der Waals surface area contributed by atoms with Crippen LogP contribution in [0.5, 0.6) is 0 Å². The zero-order chi connectivity index (χ0) is 38.6. The largest absolute Gasteiger partial charge is 0.457 e. The minimum atomic E-state index is -1.94. The fourth-order valence-electron chi connectivity index (χ4n) is 9.12. The first-order valence-electron chi connectivity index (χ1n) is 16.9. The number of halogens is 1. The molecule has 0 spiro atoms. The lowest BCUT2D eigenvalue weighted by Gasteiger charge is -2.63. The van der Waals surface area contributed by atoms with Crippen molar-refractivity contribution in [1.82, 2.24) is 0 Å². The number of ketones is 2. The van der Waals surface area contributed by atoms with E-state index < -0.39 is 104 Å². The summed E-state index contributed by atoms with van der Waals surface area (Å²) in [6.45, 7) is 3.31. The minimum Gasteiger partial charge on any atom is -0.457 e. The van der Waals surface area contributed by atoms with Gasteiger partial charge in [-0.2, -0.15) is 0 Å². The highest BCUT2D eigenvalue weighted by atomic mass is 35.5. The van der Waals surface area contributed by atoms with E-state index in [2.05, 4.69) is 14.5 Å². The van der Waals surface area contributed by atoms with E-state index in [0.29, 0.717) is 12.8 Å². The Labute approximate surface area is 302 Å². The lowest BCUT2D eigenvalue weighted by molar-refractivity contribution is -0.790. The molecule has 0 amide bonds. The molecule has 20 heteroatoms. The van der Waals surface area contributed by atoms with Gasteiger partial charge < -0.3 is 29.1 Å². The first-order valence-corrected chi connectivity index (χ1v) is 17.2. The molecule has 2 saturated carbocycles. The summed E-state index contributed by atoms with van der Waals surface area (Å²) in [7, 11) is 0. The summed E-state index contributed by atoms with van der Waals surface area (Å²) in [5.41, 5.74) is -3.29. The molecule has 0 heterocycles. The lowest BCUT2D eigenvalue weighted by atomic mass is 9.46. The van der Waals surface area contributed by atoms with E-state index in [1.807, 2.05) is 13.0 Å². The van der Waals surface area contributed by atoms with Gasteiger partial charge in [0.1, 0.15) is 12.7 Å². The van der Waals surface area contributed by atoms with Crippen molar-refractivity contribution in [2.24, 2.45) is 28.6 Å². The monoisotopic (exact) mass is 759 g/mol. The van der Waals surface area contributed by atoms with E-state index in [-0.39, 0.29) is 50.7 Å². The number of aliphatic hydroxyl groups excluding tert-OH is 1. The number of alkyl halides is 1. The van der Waals surface area contributed by atoms with Crippen molar-refractivity contribution < 1.29 is 63.5 Å². The van der Waals surface area contributed by atoms with Crippen LogP contribution in [-0.4, -0.2) is 86.4 Å². The van der Waals surface area contributed by atoms with Crippen LogP contribution in [0, 0.1) is 58.9 Å². The van der Waals surface area contributed by atoms with Crippen molar-refractivity contribution in [3.05, 3.63) is 54.1 Å². The predicted molar refractivity (Wildman–Crippen MR) is 173 cm³/mol. The van der Waals surface area contributed by atoms with Gasteiger partial charge in [0.25, 0.3) is 15.3 Å². The Balaban J connectivity index is 1.57. The predicted octanol–water partition coefficient (Wildman–Crippen LogP) is 3.21. The Morgan fingerprint density at radius 1 is 1.02 bits per heavy atom. The van der Waals surface area contributed by atoms with Crippen LogP contribution in [-0.2, 0) is 43.2 Å². The van der Waals surface area contributed by atoms with Gasteiger partial charge in [-0.1, -0.05) is 38.5 Å². The van der Waals surface area contributed by atoms with Crippen molar-refractivity contribution in [1.29, 1.82) is 0 Å². The normalized spacial score (nSPS) is 33.6. The van der Waals surface area contributed by atoms with Gasteiger partial charge in [0.2, 0.25) is 5.78 Å². The molecule has 0 saturated heterocycles. The molecule has 4 aliphatic rings. The van der Waals surface area contributed by atoms with Gasteiger partial charge in [-0.25, -0.2) is 0 Å². The van der Waals surface area contributed by atoms with Crippen molar-refractivity contribution >= 4 is 35.1 Å². The number of esters is 2. The first kappa shape index (κ1) is 40.4. The van der Waals surface area contributed by atoms with E-state index in [1.54, 1.807) is 19.9 Å². The van der Waals surface area contributed by atoms with Gasteiger partial charge in [-0.05, 0) is 56.4 Å². The summed E-state index contributed by atoms with van der Waals surface area (Å²) < 4.78 is 11.4. The smallest absolute Gasteiger partial charge is 0.306 e. The van der Waals surface area contributed by atoms with Crippen molar-refractivity contribution in [2.75, 3.05) is 19.8 Å². The molecule has 1 N–H and O–H groups in total. The molecule has 0 aromatic carbocycles. The quantitative estimate of drug-likeness (QED) is 0.0525. The fourth-order valence-corrected chi connectivity index (χ4v) is 9.63. The zero-order valence-electron chi connectivity index (χ0n) is 28.9. The molecule has 0 aromatic rings. The van der Waals surface area contributed by atoms with Gasteiger partial charge in [-0.3, -0.25) is 19.2 Å². The number of hydrogen-bond acceptors (Lipinski definition) is 16. The van der Waals surface area contributed by atoms with Crippen LogP contribution in [0.3, 0.4) is 0 Å². The highest BCUT2D eigenvalue weighted by Gasteiger charge is 2.76. The van der Waals surface area contributed by atoms with Crippen LogP contribution in [0.4, 0.5) is 0 Å². The number of carbonyl (C=O) groups excluding carboxylic acids is 4. The van der Waals surface area contributed by atoms with Crippen molar-refractivity contribution in [3.8, 4) is 0 Å². The first-order chi connectivity index (χ1) is 24.3. The van der Waals surface area contributed by atoms with Crippen molar-refractivity contribution in [2.45, 2.75) is 101 Å². The molecule has 52 heavy (non-hydrogen) atoms. The topological polar surface area (TPSA) is 264 Å². The number of nitrogens with zero attached hydrogens (tertiary/aromatic N) is 3. The summed E-state index contributed by atoms with van der Waals surface area (Å²) in [5, 5.41) is 40.5. The maximum atomic E-state index is 14.4. The van der Waals surface area contributed by atoms with Crippen LogP contribution in [0.15, 0.2) is 23.8 Å². The molecule has 2 fully saturated rings. The molecule has 3 unspecified atom stereocenters. The molecule has 0 radical (unpaired) electrons. The van der Waals surface area contributed by atoms with E-state index in [0.717, 1.165) is 5.57 Å². The average Bonchev–Trinajstić information content (AvgIpc) is 3.27. The second kappa shape index (κ2) is 15.7. The molecular formula is C32H42ClN3O16. The number of carbonyl (C=O) groups is 4. The SMILES string of the molecule is C[C@H]1CC2C3CC=C4CC(=O)C=C[C@]4(C)[C@@]3(Cl)[C@@H](O)C[C@]2(C)[C@@]1(OC(=O)CCCO[N+](=O)[O-])C(=O)COC(=O)CCCC(CO[N+](=O)[O-])O[N+](=O)[O-]. The fraction of sp³-hybridized carbons (Fsp3) is 0.750. The van der Waals surface area contributed by atoms with Crippen LogP contribution in [0.1, 0.15) is 78.6 Å². The third-order valence-electron chi connectivity index (χ3n) is 11.4. The van der Waals surface area contributed by atoms with E-state index in [9.17, 15) is 54.6 Å². The van der Waals surface area contributed by atoms with Crippen LogP contribution in [0.2, 0.25) is 0 Å². The number of hydrogen-bond donors (Lipinski definition) is 1. The second-order valence-corrected chi connectivity index (χ2v) is 14.8. The van der Waals surface area contributed by atoms with Crippen molar-refractivity contribution in [3.63, 3.8) is 0 Å². The molecule has 9 atom stereocenters. The highest BCUT2D eigenvalue weighted by Crippen LogP contribution is 2.71. The maximum Gasteiger partial charge on any atom is 0.306 e.